The van der Waals surface area contributed by atoms with Crippen molar-refractivity contribution < 1.29 is 18.0 Å². The summed E-state index contributed by atoms with van der Waals surface area (Å²) in [7, 11) is 0. The predicted octanol–water partition coefficient (Wildman–Crippen LogP) is 1.79. The number of nitrogens with two attached hydrogens (primary N) is 1. The van der Waals surface area contributed by atoms with Crippen LogP contribution in [0, 0.1) is 0 Å². The number of nitrogens with zero attached hydrogens (tertiary/aromatic N) is 1. The van der Waals surface area contributed by atoms with Gasteiger partial charge in [-0.2, -0.15) is 13.2 Å². The van der Waals surface area contributed by atoms with Gasteiger partial charge in [-0.15, -0.1) is 0 Å². The van der Waals surface area contributed by atoms with Gasteiger partial charge in [-0.3, -0.25) is 4.79 Å². The first kappa shape index (κ1) is 13.6. The molecule has 1 heterocycles. The van der Waals surface area contributed by atoms with E-state index in [1.165, 1.54) is 12.1 Å². The summed E-state index contributed by atoms with van der Waals surface area (Å²) >= 11 is 4.67. The Labute approximate surface area is 112 Å². The summed E-state index contributed by atoms with van der Waals surface area (Å²) in [6.45, 7) is 0.0181. The zero-order valence-corrected chi connectivity index (χ0v) is 10.4. The number of carbonyl (C=O) groups is 1. The van der Waals surface area contributed by atoms with Gasteiger partial charge in [-0.1, -0.05) is 0 Å². The topological polar surface area (TPSA) is 58.4 Å². The lowest BCUT2D eigenvalue weighted by Gasteiger charge is -2.19. The van der Waals surface area contributed by atoms with Gasteiger partial charge in [0.15, 0.2) is 5.11 Å². The minimum atomic E-state index is -4.86. The van der Waals surface area contributed by atoms with Crippen molar-refractivity contribution in [2.45, 2.75) is 12.6 Å². The predicted molar refractivity (Wildman–Crippen MR) is 69.0 cm³/mol. The Hall–Kier alpha value is -1.83. The maximum Gasteiger partial charge on any atom is 0.471 e. The van der Waals surface area contributed by atoms with E-state index in [2.05, 4.69) is 17.5 Å². The minimum absolute atomic E-state index is 0.0181. The summed E-state index contributed by atoms with van der Waals surface area (Å²) < 4.78 is 37.2. The molecule has 4 nitrogen and oxygen atoms in total. The molecule has 1 aromatic carbocycles. The first-order chi connectivity index (χ1) is 8.79. The summed E-state index contributed by atoms with van der Waals surface area (Å²) in [5.41, 5.74) is 6.83. The third-order valence-electron chi connectivity index (χ3n) is 2.73. The molecule has 0 aromatic heterocycles. The van der Waals surface area contributed by atoms with E-state index in [0.717, 1.165) is 4.90 Å². The lowest BCUT2D eigenvalue weighted by Crippen LogP contribution is -2.40. The summed E-state index contributed by atoms with van der Waals surface area (Å²) in [5, 5.41) is 2.76. The first-order valence-corrected chi connectivity index (χ1v) is 5.78. The number of rotatable bonds is 1. The van der Waals surface area contributed by atoms with E-state index >= 15 is 0 Å². The number of alkyl halides is 3. The van der Waals surface area contributed by atoms with Crippen LogP contribution >= 0.6 is 12.2 Å². The molecule has 0 spiro atoms. The number of halogens is 3. The average molecular weight is 289 g/mol. The Kier molecular flexibility index (Phi) is 3.36. The fourth-order valence-electron chi connectivity index (χ4n) is 1.99. The molecule has 0 bridgehead atoms. The molecule has 0 saturated carbocycles. The first-order valence-electron chi connectivity index (χ1n) is 5.37. The van der Waals surface area contributed by atoms with Crippen LogP contribution in [0.3, 0.4) is 0 Å². The Morgan fingerprint density at radius 2 is 2.11 bits per heavy atom. The van der Waals surface area contributed by atoms with Crippen molar-refractivity contribution in [3.8, 4) is 0 Å². The lowest BCUT2D eigenvalue weighted by molar-refractivity contribution is -0.170. The van der Waals surface area contributed by atoms with Crippen molar-refractivity contribution in [1.82, 2.24) is 0 Å². The average Bonchev–Trinajstić information content (AvgIpc) is 2.68. The number of carbonyl (C=O) groups excluding carboxylic acids is 1. The second kappa shape index (κ2) is 4.69. The van der Waals surface area contributed by atoms with Crippen molar-refractivity contribution in [3.63, 3.8) is 0 Å². The van der Waals surface area contributed by atoms with Crippen LogP contribution in [0.25, 0.3) is 0 Å². The highest BCUT2D eigenvalue weighted by Crippen LogP contribution is 2.33. The second-order valence-electron chi connectivity index (χ2n) is 4.04. The summed E-state index contributed by atoms with van der Waals surface area (Å²) in [4.78, 5) is 12.0. The normalized spacial score (nSPS) is 14.2. The van der Waals surface area contributed by atoms with Gasteiger partial charge in [-0.05, 0) is 42.4 Å². The molecule has 1 aromatic rings. The number of nitrogens with one attached hydrogen (secondary N) is 1. The minimum Gasteiger partial charge on any atom is -0.376 e. The fourth-order valence-corrected chi connectivity index (χ4v) is 2.10. The monoisotopic (exact) mass is 289 g/mol. The highest BCUT2D eigenvalue weighted by Gasteiger charge is 2.44. The fraction of sp³-hybridized carbons (Fsp3) is 0.273. The molecule has 3 N–H and O–H groups in total. The standard InChI is InChI=1S/C11H10F3N3OS/c12-11(13,14)9(18)17-4-3-6-5-7(16-10(15)19)1-2-8(6)17/h1-2,5H,3-4H2,(H3,15,16,19). The number of fused-ring (bicyclic) bond motifs is 1. The van der Waals surface area contributed by atoms with E-state index in [9.17, 15) is 18.0 Å². The van der Waals surface area contributed by atoms with Crippen LogP contribution in [0.5, 0.6) is 0 Å². The zero-order valence-electron chi connectivity index (χ0n) is 9.62. The van der Waals surface area contributed by atoms with E-state index in [1.54, 1.807) is 6.07 Å². The van der Waals surface area contributed by atoms with Gasteiger partial charge in [0.25, 0.3) is 0 Å². The number of thiocarbonyl (C=S) groups is 1. The Morgan fingerprint density at radius 1 is 1.42 bits per heavy atom. The van der Waals surface area contributed by atoms with Gasteiger partial charge in [0.05, 0.1) is 0 Å². The van der Waals surface area contributed by atoms with Crippen molar-refractivity contribution in [1.29, 1.82) is 0 Å². The number of benzene rings is 1. The molecule has 2 rings (SSSR count). The molecule has 102 valence electrons. The molecule has 19 heavy (non-hydrogen) atoms. The lowest BCUT2D eigenvalue weighted by atomic mass is 10.1. The largest absolute Gasteiger partial charge is 0.471 e. The van der Waals surface area contributed by atoms with Gasteiger partial charge in [0.1, 0.15) is 0 Å². The van der Waals surface area contributed by atoms with E-state index < -0.39 is 12.1 Å². The van der Waals surface area contributed by atoms with Gasteiger partial charge in [0, 0.05) is 17.9 Å². The van der Waals surface area contributed by atoms with Crippen molar-refractivity contribution in [2.75, 3.05) is 16.8 Å². The summed E-state index contributed by atoms with van der Waals surface area (Å²) in [5.74, 6) is -1.85. The van der Waals surface area contributed by atoms with E-state index in [-0.39, 0.29) is 17.3 Å². The molecular weight excluding hydrogens is 279 g/mol. The van der Waals surface area contributed by atoms with Crippen molar-refractivity contribution >= 4 is 34.6 Å². The van der Waals surface area contributed by atoms with E-state index in [1.807, 2.05) is 0 Å². The highest BCUT2D eigenvalue weighted by molar-refractivity contribution is 7.80. The molecule has 0 saturated heterocycles. The van der Waals surface area contributed by atoms with E-state index in [4.69, 9.17) is 5.73 Å². The molecule has 0 aliphatic carbocycles. The second-order valence-corrected chi connectivity index (χ2v) is 4.48. The van der Waals surface area contributed by atoms with Crippen LogP contribution in [-0.4, -0.2) is 23.7 Å². The van der Waals surface area contributed by atoms with Crippen molar-refractivity contribution in [3.05, 3.63) is 23.8 Å². The van der Waals surface area contributed by atoms with Crippen LogP contribution in [0.2, 0.25) is 0 Å². The maximum atomic E-state index is 12.4. The van der Waals surface area contributed by atoms with Gasteiger partial charge >= 0.3 is 12.1 Å². The Balaban J connectivity index is 2.27. The smallest absolute Gasteiger partial charge is 0.376 e. The van der Waals surface area contributed by atoms with Gasteiger partial charge < -0.3 is 16.0 Å². The van der Waals surface area contributed by atoms with Crippen LogP contribution in [0.1, 0.15) is 5.56 Å². The number of amides is 1. The zero-order chi connectivity index (χ0) is 14.2. The number of anilines is 2. The van der Waals surface area contributed by atoms with Crippen LogP contribution in [0.4, 0.5) is 24.5 Å². The highest BCUT2D eigenvalue weighted by atomic mass is 32.1. The molecule has 1 aliphatic rings. The SMILES string of the molecule is NC(=S)Nc1ccc2c(c1)CCN2C(=O)C(F)(F)F. The molecule has 8 heteroatoms. The van der Waals surface area contributed by atoms with E-state index in [0.29, 0.717) is 17.7 Å². The third kappa shape index (κ3) is 2.78. The molecule has 0 radical (unpaired) electrons. The molecular formula is C11H10F3N3OS. The maximum absolute atomic E-state index is 12.4. The third-order valence-corrected chi connectivity index (χ3v) is 2.83. The Bertz CT molecular complexity index is 544. The van der Waals surface area contributed by atoms with Crippen LogP contribution < -0.4 is 16.0 Å². The number of hydrogen-bond acceptors (Lipinski definition) is 2. The van der Waals surface area contributed by atoms with Crippen LogP contribution in [0.15, 0.2) is 18.2 Å². The number of hydrogen-bond donors (Lipinski definition) is 2. The van der Waals surface area contributed by atoms with Gasteiger partial charge in [-0.25, -0.2) is 0 Å². The molecule has 1 amide bonds. The van der Waals surface area contributed by atoms with Crippen molar-refractivity contribution in [2.24, 2.45) is 5.73 Å². The molecule has 1 aliphatic heterocycles. The molecule has 0 atom stereocenters. The quantitative estimate of drug-likeness (QED) is 0.774. The molecule has 0 fully saturated rings. The van der Waals surface area contributed by atoms with Gasteiger partial charge in [0.2, 0.25) is 0 Å². The molecule has 0 unspecified atom stereocenters. The van der Waals surface area contributed by atoms with Crippen LogP contribution in [-0.2, 0) is 11.2 Å². The summed E-state index contributed by atoms with van der Waals surface area (Å²) in [6.07, 6.45) is -4.50. The summed E-state index contributed by atoms with van der Waals surface area (Å²) in [6, 6.07) is 4.62. The Morgan fingerprint density at radius 3 is 2.68 bits per heavy atom.